The number of anilines is 2. The quantitative estimate of drug-likeness (QED) is 0.686. The Morgan fingerprint density at radius 2 is 2.21 bits per heavy atom. The molecule has 2 rings (SSSR count). The third-order valence-electron chi connectivity index (χ3n) is 2.11. The molecule has 2 aromatic rings. The first-order valence-electron chi connectivity index (χ1n) is 5.08. The number of carboxylic acids is 1. The minimum Gasteiger partial charge on any atom is -0.477 e. The summed E-state index contributed by atoms with van der Waals surface area (Å²) in [5.41, 5.74) is 0.788. The number of carboxylic acid groups (broad SMARTS) is 1. The molecule has 0 radical (unpaired) electrons. The lowest BCUT2D eigenvalue weighted by molar-refractivity contribution is 0.0692. The van der Waals surface area contributed by atoms with E-state index >= 15 is 0 Å². The summed E-state index contributed by atoms with van der Waals surface area (Å²) in [5.74, 6) is -1.14. The highest BCUT2D eigenvalue weighted by atomic mass is 79.9. The van der Waals surface area contributed by atoms with E-state index in [0.29, 0.717) is 10.8 Å². The van der Waals surface area contributed by atoms with Crippen molar-refractivity contribution in [1.29, 1.82) is 0 Å². The second-order valence-electron chi connectivity index (χ2n) is 3.59. The van der Waals surface area contributed by atoms with Crippen LogP contribution in [-0.4, -0.2) is 27.1 Å². The number of hydrogen-bond acceptors (Lipinski definition) is 4. The van der Waals surface area contributed by atoms with E-state index in [0.717, 1.165) is 3.79 Å². The van der Waals surface area contributed by atoms with Gasteiger partial charge in [-0.25, -0.2) is 14.6 Å². The Balaban J connectivity index is 2.08. The van der Waals surface area contributed by atoms with Crippen LogP contribution < -0.4 is 10.6 Å². The molecule has 0 atom stereocenters. The summed E-state index contributed by atoms with van der Waals surface area (Å²) < 4.78 is 0.784. The number of amides is 2. The number of aromatic amines is 1. The van der Waals surface area contributed by atoms with E-state index in [1.165, 1.54) is 11.3 Å². The monoisotopic (exact) mass is 344 g/mol. The van der Waals surface area contributed by atoms with Crippen LogP contribution in [0.3, 0.4) is 0 Å². The molecule has 0 aliphatic carbocycles. The van der Waals surface area contributed by atoms with Gasteiger partial charge in [-0.05, 0) is 28.9 Å². The lowest BCUT2D eigenvalue weighted by atomic mass is 10.3. The van der Waals surface area contributed by atoms with E-state index in [9.17, 15) is 9.59 Å². The van der Waals surface area contributed by atoms with Crippen LogP contribution in [0.2, 0.25) is 0 Å². The van der Waals surface area contributed by atoms with Crippen LogP contribution in [-0.2, 0) is 0 Å². The van der Waals surface area contributed by atoms with Crippen molar-refractivity contribution in [2.45, 2.75) is 6.92 Å². The molecular formula is C10H9BrN4O3S. The fourth-order valence-electron chi connectivity index (χ4n) is 1.42. The van der Waals surface area contributed by atoms with Gasteiger partial charge in [0.1, 0.15) is 5.69 Å². The van der Waals surface area contributed by atoms with Crippen LogP contribution in [0.15, 0.2) is 16.0 Å². The van der Waals surface area contributed by atoms with Crippen molar-refractivity contribution in [3.05, 3.63) is 27.4 Å². The molecule has 0 spiro atoms. The first-order valence-corrected chi connectivity index (χ1v) is 6.69. The van der Waals surface area contributed by atoms with Crippen molar-refractivity contribution in [3.63, 3.8) is 0 Å². The van der Waals surface area contributed by atoms with Crippen molar-refractivity contribution in [3.8, 4) is 0 Å². The average Bonchev–Trinajstić information content (AvgIpc) is 2.85. The van der Waals surface area contributed by atoms with E-state index < -0.39 is 12.0 Å². The molecule has 0 saturated carbocycles. The van der Waals surface area contributed by atoms with Crippen molar-refractivity contribution in [1.82, 2.24) is 9.97 Å². The number of thiazole rings is 1. The van der Waals surface area contributed by atoms with Crippen molar-refractivity contribution in [2.75, 3.05) is 10.6 Å². The highest BCUT2D eigenvalue weighted by molar-refractivity contribution is 9.11. The molecule has 2 amide bonds. The zero-order chi connectivity index (χ0) is 14.0. The normalized spacial score (nSPS) is 10.2. The zero-order valence-electron chi connectivity index (χ0n) is 9.65. The third kappa shape index (κ3) is 3.32. The Kier molecular flexibility index (Phi) is 3.86. The standard InChI is InChI=1S/C10H9BrN4O3S/c1-4-2-5(7(13-4)8(16)17)14-9(18)15-10-12-3-6(11)19-10/h2-3,13H,1H3,(H,16,17)(H2,12,14,15,18). The molecule has 0 aromatic carbocycles. The molecular weight excluding hydrogens is 336 g/mol. The van der Waals surface area contributed by atoms with Gasteiger partial charge in [-0.2, -0.15) is 0 Å². The molecule has 4 N–H and O–H groups in total. The molecule has 0 aliphatic heterocycles. The van der Waals surface area contributed by atoms with Gasteiger partial charge in [-0.1, -0.05) is 11.3 Å². The van der Waals surface area contributed by atoms with Gasteiger partial charge in [0.05, 0.1) is 15.7 Å². The Morgan fingerprint density at radius 1 is 1.47 bits per heavy atom. The Bertz CT molecular complexity index is 637. The zero-order valence-corrected chi connectivity index (χ0v) is 12.1. The van der Waals surface area contributed by atoms with Gasteiger partial charge in [0, 0.05) is 5.69 Å². The summed E-state index contributed by atoms with van der Waals surface area (Å²) in [7, 11) is 0. The number of nitrogens with zero attached hydrogens (tertiary/aromatic N) is 1. The van der Waals surface area contributed by atoms with E-state index in [2.05, 4.69) is 36.5 Å². The largest absolute Gasteiger partial charge is 0.477 e. The van der Waals surface area contributed by atoms with E-state index in [1.807, 2.05) is 0 Å². The first kappa shape index (κ1) is 13.6. The second kappa shape index (κ2) is 5.41. The summed E-state index contributed by atoms with van der Waals surface area (Å²) in [6.07, 6.45) is 1.56. The fourth-order valence-corrected chi connectivity index (χ4v) is 2.52. The number of nitrogens with one attached hydrogen (secondary N) is 3. The third-order valence-corrected chi connectivity index (χ3v) is 3.50. The van der Waals surface area contributed by atoms with Crippen LogP contribution in [0.4, 0.5) is 15.6 Å². The second-order valence-corrected chi connectivity index (χ2v) is 6.00. The number of halogens is 1. The number of rotatable bonds is 3. The summed E-state index contributed by atoms with van der Waals surface area (Å²) in [5, 5.41) is 14.3. The molecule has 0 unspecified atom stereocenters. The minimum absolute atomic E-state index is 0.0621. The summed E-state index contributed by atoms with van der Waals surface area (Å²) >= 11 is 4.48. The van der Waals surface area contributed by atoms with Crippen LogP contribution in [0, 0.1) is 6.92 Å². The van der Waals surface area contributed by atoms with Gasteiger partial charge < -0.3 is 15.4 Å². The molecule has 0 saturated heterocycles. The van der Waals surface area contributed by atoms with Crippen LogP contribution in [0.1, 0.15) is 16.2 Å². The molecule has 7 nitrogen and oxygen atoms in total. The number of carbonyl (C=O) groups excluding carboxylic acids is 1. The fraction of sp³-hybridized carbons (Fsp3) is 0.100. The number of H-pyrrole nitrogens is 1. The maximum Gasteiger partial charge on any atom is 0.354 e. The molecule has 2 aromatic heterocycles. The first-order chi connectivity index (χ1) is 8.95. The van der Waals surface area contributed by atoms with Gasteiger partial charge in [0.15, 0.2) is 5.13 Å². The highest BCUT2D eigenvalue weighted by Crippen LogP contribution is 2.23. The number of carbonyl (C=O) groups is 2. The minimum atomic E-state index is -1.14. The smallest absolute Gasteiger partial charge is 0.354 e. The number of aromatic carboxylic acids is 1. The summed E-state index contributed by atoms with van der Waals surface area (Å²) in [4.78, 5) is 29.2. The number of aryl methyl sites for hydroxylation is 1. The maximum absolute atomic E-state index is 11.7. The van der Waals surface area contributed by atoms with Crippen LogP contribution in [0.25, 0.3) is 0 Å². The SMILES string of the molecule is Cc1cc(NC(=O)Nc2ncc(Br)s2)c(C(=O)O)[nH]1. The highest BCUT2D eigenvalue weighted by Gasteiger charge is 2.15. The Labute approximate surface area is 120 Å². The van der Waals surface area contributed by atoms with E-state index in [-0.39, 0.29) is 11.4 Å². The molecule has 100 valence electrons. The lowest BCUT2D eigenvalue weighted by Gasteiger charge is -2.04. The number of aromatic nitrogens is 2. The van der Waals surface area contributed by atoms with Crippen LogP contribution in [0.5, 0.6) is 0 Å². The van der Waals surface area contributed by atoms with Gasteiger partial charge in [0.2, 0.25) is 0 Å². The van der Waals surface area contributed by atoms with Crippen molar-refractivity contribution in [2.24, 2.45) is 0 Å². The van der Waals surface area contributed by atoms with Gasteiger partial charge in [0.25, 0.3) is 0 Å². The van der Waals surface area contributed by atoms with Gasteiger partial charge in [-0.3, -0.25) is 5.32 Å². The number of hydrogen-bond donors (Lipinski definition) is 4. The average molecular weight is 345 g/mol. The predicted molar refractivity (Wildman–Crippen MR) is 74.9 cm³/mol. The lowest BCUT2D eigenvalue weighted by Crippen LogP contribution is -2.20. The van der Waals surface area contributed by atoms with Gasteiger partial charge in [-0.15, -0.1) is 0 Å². The molecule has 0 bridgehead atoms. The summed E-state index contributed by atoms with van der Waals surface area (Å²) in [6.45, 7) is 1.70. The molecule has 19 heavy (non-hydrogen) atoms. The van der Waals surface area contributed by atoms with E-state index in [1.54, 1.807) is 19.2 Å². The van der Waals surface area contributed by atoms with Crippen LogP contribution >= 0.6 is 27.3 Å². The Hall–Kier alpha value is -1.87. The predicted octanol–water partition coefficient (Wildman–Crippen LogP) is 2.88. The van der Waals surface area contributed by atoms with E-state index in [4.69, 9.17) is 5.11 Å². The molecule has 0 fully saturated rings. The maximum atomic E-state index is 11.7. The van der Waals surface area contributed by atoms with Crippen molar-refractivity contribution >= 4 is 50.1 Å². The Morgan fingerprint density at radius 3 is 2.79 bits per heavy atom. The molecule has 2 heterocycles. The molecule has 9 heteroatoms. The van der Waals surface area contributed by atoms with Crippen molar-refractivity contribution < 1.29 is 14.7 Å². The topological polar surface area (TPSA) is 107 Å². The summed E-state index contributed by atoms with van der Waals surface area (Å²) in [6, 6.07) is 0.990. The number of urea groups is 1. The van der Waals surface area contributed by atoms with Gasteiger partial charge >= 0.3 is 12.0 Å². The molecule has 0 aliphatic rings.